The summed E-state index contributed by atoms with van der Waals surface area (Å²) in [6, 6.07) is -2.19. The van der Waals surface area contributed by atoms with Crippen LogP contribution in [-0.4, -0.2) is 67.7 Å². The van der Waals surface area contributed by atoms with Gasteiger partial charge in [0.15, 0.2) is 0 Å². The second-order valence-electron chi connectivity index (χ2n) is 4.79. The van der Waals surface area contributed by atoms with Gasteiger partial charge in [-0.3, -0.25) is 29.0 Å². The van der Waals surface area contributed by atoms with E-state index >= 15 is 0 Å². The predicted molar refractivity (Wildman–Crippen MR) is 76.2 cm³/mol. The molecule has 0 saturated carbocycles. The second-order valence-corrected chi connectivity index (χ2v) is 4.79. The molecule has 0 aromatic carbocycles. The molecule has 0 aliphatic carbocycles. The Balaban J connectivity index is 0.000000443. The quantitative estimate of drug-likeness (QED) is 0.437. The van der Waals surface area contributed by atoms with Gasteiger partial charge in [0.05, 0.1) is 0 Å². The van der Waals surface area contributed by atoms with Crippen molar-refractivity contribution in [2.24, 2.45) is 0 Å². The Morgan fingerprint density at radius 3 is 1.08 bits per heavy atom. The van der Waals surface area contributed by atoms with Crippen LogP contribution in [-0.2, 0) is 48.2 Å². The first-order valence-corrected chi connectivity index (χ1v) is 6.64. The van der Waals surface area contributed by atoms with Gasteiger partial charge >= 0.3 is 11.9 Å². The summed E-state index contributed by atoms with van der Waals surface area (Å²) in [4.78, 5) is 65.7. The first-order valence-electron chi connectivity index (χ1n) is 6.64. The number of amides is 4. The summed E-state index contributed by atoms with van der Waals surface area (Å²) in [5.41, 5.74) is 0. The normalized spacial score (nSPS) is 17.8. The van der Waals surface area contributed by atoms with E-state index in [0.29, 0.717) is 9.80 Å². The van der Waals surface area contributed by atoms with Crippen molar-refractivity contribution in [2.75, 3.05) is 0 Å². The molecule has 4 amide bonds. The van der Waals surface area contributed by atoms with Crippen molar-refractivity contribution in [3.8, 4) is 0 Å². The Hall–Kier alpha value is -2.68. The van der Waals surface area contributed by atoms with Gasteiger partial charge in [-0.2, -0.15) is 0 Å². The fourth-order valence-corrected chi connectivity index (χ4v) is 1.81. The van der Waals surface area contributed by atoms with Crippen LogP contribution in [0, 0.1) is 0 Å². The van der Waals surface area contributed by atoms with Crippen LogP contribution in [0.5, 0.6) is 0 Å². The van der Waals surface area contributed by atoms with E-state index in [2.05, 4.69) is 0 Å². The minimum atomic E-state index is -1.19. The van der Waals surface area contributed by atoms with Gasteiger partial charge in [-0.15, -0.1) is 0 Å². The van der Waals surface area contributed by atoms with E-state index in [1.807, 2.05) is 0 Å². The Morgan fingerprint density at radius 1 is 0.720 bits per heavy atom. The molecule has 0 aromatic heterocycles. The largest absolute Gasteiger partial charge is 0.480 e. The minimum absolute atomic E-state index is 0. The molecule has 10 nitrogen and oxygen atoms in total. The standard InChI is InChI=1S/2C7H7NO4.Zn/c2*1-4(7(11)12)8-5(9)2-3-6(8)10;/h2*2-4H,1H3,(H,11,12);. The van der Waals surface area contributed by atoms with E-state index in [1.165, 1.54) is 13.8 Å². The van der Waals surface area contributed by atoms with E-state index in [1.54, 1.807) is 0 Å². The summed E-state index contributed by atoms with van der Waals surface area (Å²) in [7, 11) is 0. The molecule has 0 radical (unpaired) electrons. The Bertz CT molecular complexity index is 590. The van der Waals surface area contributed by atoms with Crippen molar-refractivity contribution >= 4 is 35.6 Å². The third-order valence-corrected chi connectivity index (χ3v) is 3.18. The molecule has 25 heavy (non-hydrogen) atoms. The molecule has 0 spiro atoms. The number of imide groups is 2. The smallest absolute Gasteiger partial charge is 0.326 e. The van der Waals surface area contributed by atoms with Crippen LogP contribution in [0.3, 0.4) is 0 Å². The zero-order valence-corrected chi connectivity index (χ0v) is 16.4. The molecular weight excluding hydrogens is 390 g/mol. The molecule has 2 aliphatic heterocycles. The molecule has 2 heterocycles. The first-order chi connectivity index (χ1) is 11.1. The number of aliphatic carboxylic acids is 2. The summed E-state index contributed by atoms with van der Waals surface area (Å²) in [6.07, 6.45) is 4.23. The predicted octanol–water partition coefficient (Wildman–Crippen LogP) is -1.23. The van der Waals surface area contributed by atoms with Gasteiger partial charge in [0.2, 0.25) is 0 Å². The molecule has 11 heteroatoms. The van der Waals surface area contributed by atoms with Gasteiger partial charge in [0.25, 0.3) is 23.6 Å². The summed E-state index contributed by atoms with van der Waals surface area (Å²) < 4.78 is 0. The molecule has 0 bridgehead atoms. The SMILES string of the molecule is CC(C(=O)O)N1C(=O)C=CC1=O.CC(C(=O)O)N1C(=O)C=CC1=O.[Zn]. The number of carbonyl (C=O) groups is 6. The van der Waals surface area contributed by atoms with Crippen LogP contribution < -0.4 is 0 Å². The van der Waals surface area contributed by atoms with Gasteiger partial charge in [-0.05, 0) is 13.8 Å². The summed E-state index contributed by atoms with van der Waals surface area (Å²) in [5, 5.41) is 17.0. The zero-order valence-electron chi connectivity index (χ0n) is 13.4. The maximum atomic E-state index is 10.9. The number of nitrogens with zero attached hydrogens (tertiary/aromatic N) is 2. The zero-order chi connectivity index (χ0) is 18.6. The monoisotopic (exact) mass is 402 g/mol. The molecule has 2 rings (SSSR count). The number of carbonyl (C=O) groups excluding carboxylic acids is 4. The van der Waals surface area contributed by atoms with Gasteiger partial charge in [0.1, 0.15) is 12.1 Å². The fourth-order valence-electron chi connectivity index (χ4n) is 1.81. The van der Waals surface area contributed by atoms with Crippen molar-refractivity contribution in [3.05, 3.63) is 24.3 Å². The van der Waals surface area contributed by atoms with Crippen LogP contribution >= 0.6 is 0 Å². The summed E-state index contributed by atoms with van der Waals surface area (Å²) in [5.74, 6) is -4.68. The molecule has 0 aromatic rings. The molecule has 2 aliphatic rings. The number of hydrogen-bond donors (Lipinski definition) is 2. The number of carboxylic acid groups (broad SMARTS) is 2. The first kappa shape index (κ1) is 22.3. The van der Waals surface area contributed by atoms with Gasteiger partial charge in [-0.25, -0.2) is 9.59 Å². The third-order valence-electron chi connectivity index (χ3n) is 3.18. The maximum Gasteiger partial charge on any atom is 0.326 e. The average Bonchev–Trinajstić information content (AvgIpc) is 3.00. The molecule has 2 N–H and O–H groups in total. The van der Waals surface area contributed by atoms with E-state index in [0.717, 1.165) is 24.3 Å². The van der Waals surface area contributed by atoms with Crippen molar-refractivity contribution < 1.29 is 58.5 Å². The summed E-state index contributed by atoms with van der Waals surface area (Å²) >= 11 is 0. The van der Waals surface area contributed by atoms with Crippen LogP contribution in [0.25, 0.3) is 0 Å². The summed E-state index contributed by atoms with van der Waals surface area (Å²) in [6.45, 7) is 2.57. The number of hydrogen-bond acceptors (Lipinski definition) is 6. The molecule has 0 fully saturated rings. The van der Waals surface area contributed by atoms with Gasteiger partial charge < -0.3 is 10.2 Å². The van der Waals surface area contributed by atoms with Crippen LogP contribution in [0.4, 0.5) is 0 Å². The Labute approximate surface area is 154 Å². The van der Waals surface area contributed by atoms with Crippen LogP contribution in [0.1, 0.15) is 13.8 Å². The second kappa shape index (κ2) is 8.98. The maximum absolute atomic E-state index is 10.9. The topological polar surface area (TPSA) is 149 Å². The Morgan fingerprint density at radius 2 is 0.920 bits per heavy atom. The number of carboxylic acids is 2. The minimum Gasteiger partial charge on any atom is -0.480 e. The molecule has 2 unspecified atom stereocenters. The molecule has 0 saturated heterocycles. The van der Waals surface area contributed by atoms with E-state index in [-0.39, 0.29) is 19.5 Å². The molecular formula is C14H14N2O8Zn. The fraction of sp³-hybridized carbons (Fsp3) is 0.286. The van der Waals surface area contributed by atoms with Crippen LogP contribution in [0.2, 0.25) is 0 Å². The van der Waals surface area contributed by atoms with Gasteiger partial charge in [0, 0.05) is 43.8 Å². The van der Waals surface area contributed by atoms with E-state index in [4.69, 9.17) is 10.2 Å². The van der Waals surface area contributed by atoms with Crippen LogP contribution in [0.15, 0.2) is 24.3 Å². The van der Waals surface area contributed by atoms with Crippen molar-refractivity contribution in [1.29, 1.82) is 0 Å². The third kappa shape index (κ3) is 5.15. The Kier molecular flexibility index (Phi) is 8.02. The van der Waals surface area contributed by atoms with Crippen molar-refractivity contribution in [1.82, 2.24) is 9.80 Å². The molecule has 2 atom stereocenters. The van der Waals surface area contributed by atoms with Gasteiger partial charge in [-0.1, -0.05) is 0 Å². The van der Waals surface area contributed by atoms with Crippen molar-refractivity contribution in [2.45, 2.75) is 25.9 Å². The van der Waals surface area contributed by atoms with E-state index in [9.17, 15) is 28.8 Å². The van der Waals surface area contributed by atoms with E-state index < -0.39 is 47.7 Å². The van der Waals surface area contributed by atoms with Crippen molar-refractivity contribution in [3.63, 3.8) is 0 Å². The molecule has 130 valence electrons. The average molecular weight is 404 g/mol. The number of rotatable bonds is 4.